The van der Waals surface area contributed by atoms with Gasteiger partial charge in [-0.2, -0.15) is 0 Å². The molecule has 0 aromatic heterocycles. The molecule has 0 aliphatic carbocycles. The molecule has 29 heavy (non-hydrogen) atoms. The van der Waals surface area contributed by atoms with Gasteiger partial charge in [0.05, 0.1) is 19.6 Å². The minimum atomic E-state index is 0.671. The summed E-state index contributed by atoms with van der Waals surface area (Å²) in [7, 11) is 0. The van der Waals surface area contributed by atoms with E-state index < -0.39 is 0 Å². The molecule has 3 atom stereocenters. The number of aryl methyl sites for hydroxylation is 2. The highest BCUT2D eigenvalue weighted by atomic mass is 15.6. The predicted molar refractivity (Wildman–Crippen MR) is 116 cm³/mol. The zero-order valence-corrected chi connectivity index (χ0v) is 17.4. The van der Waals surface area contributed by atoms with Crippen molar-refractivity contribution in [1.82, 2.24) is 14.7 Å². The Kier molecular flexibility index (Phi) is 4.49. The normalized spacial score (nSPS) is 31.9. The van der Waals surface area contributed by atoms with Crippen LogP contribution in [0.2, 0.25) is 0 Å². The summed E-state index contributed by atoms with van der Waals surface area (Å²) in [5.74, 6) is 0. The lowest BCUT2D eigenvalue weighted by Gasteiger charge is -2.54. The first-order valence-electron chi connectivity index (χ1n) is 11.5. The average Bonchev–Trinajstić information content (AvgIpc) is 3.35. The van der Waals surface area contributed by atoms with Gasteiger partial charge in [-0.3, -0.25) is 9.80 Å². The molecule has 2 aromatic rings. The van der Waals surface area contributed by atoms with Crippen LogP contribution in [0.15, 0.2) is 54.6 Å². The standard InChI is InChI=1S/C25H33N4/c1-2-4-21(5-3-1)6-7-22-8-10-23(11-9-22)20-29-18-16-27-13-12-26-14-15-28(17-19-29)25(29)24(26)27/h1-5,8-11,24-25H,6-7,12-20H2/q+1. The van der Waals surface area contributed by atoms with Crippen LogP contribution in [0, 0.1) is 0 Å². The third-order valence-electron chi connectivity index (χ3n) is 8.03. The summed E-state index contributed by atoms with van der Waals surface area (Å²) >= 11 is 0. The van der Waals surface area contributed by atoms with Gasteiger partial charge >= 0.3 is 0 Å². The van der Waals surface area contributed by atoms with E-state index in [2.05, 4.69) is 69.3 Å². The predicted octanol–water partition coefficient (Wildman–Crippen LogP) is 2.40. The van der Waals surface area contributed by atoms with Crippen molar-refractivity contribution in [3.05, 3.63) is 71.3 Å². The molecule has 6 rings (SSSR count). The smallest absolute Gasteiger partial charge is 0.175 e. The number of hydrogen-bond donors (Lipinski definition) is 0. The van der Waals surface area contributed by atoms with Crippen LogP contribution in [0.25, 0.3) is 0 Å². The Hall–Kier alpha value is -1.72. The number of benzene rings is 2. The average molecular weight is 390 g/mol. The lowest BCUT2D eigenvalue weighted by Crippen LogP contribution is -2.73. The van der Waals surface area contributed by atoms with Gasteiger partial charge in [0.25, 0.3) is 0 Å². The highest BCUT2D eigenvalue weighted by Gasteiger charge is 2.60. The Balaban J connectivity index is 1.17. The summed E-state index contributed by atoms with van der Waals surface area (Å²) in [4.78, 5) is 8.35. The fourth-order valence-electron chi connectivity index (χ4n) is 6.46. The second-order valence-corrected chi connectivity index (χ2v) is 9.56. The minimum absolute atomic E-state index is 0.671. The van der Waals surface area contributed by atoms with E-state index in [-0.39, 0.29) is 0 Å². The second-order valence-electron chi connectivity index (χ2n) is 9.56. The molecule has 0 spiro atoms. The first kappa shape index (κ1) is 18.1. The van der Waals surface area contributed by atoms with E-state index in [1.54, 1.807) is 0 Å². The van der Waals surface area contributed by atoms with Gasteiger partial charge in [-0.15, -0.1) is 0 Å². The van der Waals surface area contributed by atoms with E-state index in [4.69, 9.17) is 0 Å². The van der Waals surface area contributed by atoms with Crippen LogP contribution >= 0.6 is 0 Å². The Morgan fingerprint density at radius 1 is 0.621 bits per heavy atom. The van der Waals surface area contributed by atoms with Crippen molar-refractivity contribution in [2.24, 2.45) is 0 Å². The molecule has 4 aliphatic rings. The lowest BCUT2D eigenvalue weighted by molar-refractivity contribution is -0.966. The van der Waals surface area contributed by atoms with E-state index in [1.807, 2.05) is 0 Å². The van der Waals surface area contributed by atoms with Crippen LogP contribution in [-0.2, 0) is 19.4 Å². The van der Waals surface area contributed by atoms with Gasteiger partial charge in [0, 0.05) is 38.3 Å². The maximum absolute atomic E-state index is 2.81. The molecule has 0 bridgehead atoms. The number of nitrogens with zero attached hydrogens (tertiary/aromatic N) is 4. The van der Waals surface area contributed by atoms with E-state index in [0.717, 1.165) is 12.8 Å². The molecule has 4 heterocycles. The van der Waals surface area contributed by atoms with Gasteiger partial charge < -0.3 is 4.48 Å². The number of rotatable bonds is 5. The fourth-order valence-corrected chi connectivity index (χ4v) is 6.46. The first-order valence-corrected chi connectivity index (χ1v) is 11.5. The molecule has 2 aromatic carbocycles. The van der Waals surface area contributed by atoms with Gasteiger partial charge in [0.15, 0.2) is 6.17 Å². The van der Waals surface area contributed by atoms with Crippen LogP contribution in [0.5, 0.6) is 0 Å². The Morgan fingerprint density at radius 3 is 1.90 bits per heavy atom. The highest BCUT2D eigenvalue weighted by molar-refractivity contribution is 5.24. The zero-order valence-electron chi connectivity index (χ0n) is 17.4. The topological polar surface area (TPSA) is 9.72 Å². The summed E-state index contributed by atoms with van der Waals surface area (Å²) in [6.07, 6.45) is 3.62. The molecule has 4 nitrogen and oxygen atoms in total. The quantitative estimate of drug-likeness (QED) is 0.727. The maximum Gasteiger partial charge on any atom is 0.175 e. The molecular formula is C25H33N4+. The molecule has 4 saturated heterocycles. The monoisotopic (exact) mass is 389 g/mol. The van der Waals surface area contributed by atoms with Gasteiger partial charge in [0.2, 0.25) is 0 Å². The Labute approximate surface area is 174 Å². The fraction of sp³-hybridized carbons (Fsp3) is 0.520. The summed E-state index contributed by atoms with van der Waals surface area (Å²) in [5, 5.41) is 0. The number of piperazine rings is 2. The second kappa shape index (κ2) is 7.21. The lowest BCUT2D eigenvalue weighted by atomic mass is 10.0. The molecule has 0 N–H and O–H groups in total. The molecular weight excluding hydrogens is 356 g/mol. The molecule has 4 fully saturated rings. The Bertz CT molecular complexity index is 845. The zero-order chi connectivity index (χ0) is 19.3. The molecule has 4 aliphatic heterocycles. The minimum Gasteiger partial charge on any atom is -0.300 e. The molecule has 0 saturated carbocycles. The molecule has 0 radical (unpaired) electrons. The van der Waals surface area contributed by atoms with Crippen molar-refractivity contribution in [2.75, 3.05) is 52.4 Å². The van der Waals surface area contributed by atoms with Gasteiger partial charge in [-0.25, -0.2) is 4.90 Å². The van der Waals surface area contributed by atoms with Gasteiger partial charge in [-0.05, 0) is 24.0 Å². The van der Waals surface area contributed by atoms with E-state index in [0.29, 0.717) is 12.3 Å². The molecule has 3 unspecified atom stereocenters. The molecule has 152 valence electrons. The van der Waals surface area contributed by atoms with Crippen LogP contribution in [-0.4, -0.2) is 83.9 Å². The molecule has 0 amide bonds. The van der Waals surface area contributed by atoms with E-state index >= 15 is 0 Å². The number of quaternary nitrogens is 1. The third kappa shape index (κ3) is 3.14. The van der Waals surface area contributed by atoms with Crippen LogP contribution < -0.4 is 0 Å². The van der Waals surface area contributed by atoms with Crippen molar-refractivity contribution >= 4 is 0 Å². The maximum atomic E-state index is 2.81. The Morgan fingerprint density at radius 2 is 1.17 bits per heavy atom. The summed E-state index contributed by atoms with van der Waals surface area (Å²) in [5.41, 5.74) is 4.42. The highest BCUT2D eigenvalue weighted by Crippen LogP contribution is 2.40. The van der Waals surface area contributed by atoms with Crippen molar-refractivity contribution in [1.29, 1.82) is 0 Å². The third-order valence-corrected chi connectivity index (χ3v) is 8.03. The summed E-state index contributed by atoms with van der Waals surface area (Å²) in [6.45, 7) is 11.5. The largest absolute Gasteiger partial charge is 0.300 e. The number of hydrogen-bond acceptors (Lipinski definition) is 3. The van der Waals surface area contributed by atoms with Gasteiger partial charge in [-0.1, -0.05) is 54.6 Å². The van der Waals surface area contributed by atoms with Crippen molar-refractivity contribution < 1.29 is 4.48 Å². The summed E-state index contributed by atoms with van der Waals surface area (Å²) < 4.78 is 1.29. The first-order chi connectivity index (χ1) is 14.3. The van der Waals surface area contributed by atoms with Crippen molar-refractivity contribution in [3.8, 4) is 0 Å². The van der Waals surface area contributed by atoms with E-state index in [9.17, 15) is 0 Å². The van der Waals surface area contributed by atoms with Crippen LogP contribution in [0.1, 0.15) is 16.7 Å². The van der Waals surface area contributed by atoms with Gasteiger partial charge in [0.1, 0.15) is 12.7 Å². The van der Waals surface area contributed by atoms with Crippen molar-refractivity contribution in [2.45, 2.75) is 31.7 Å². The van der Waals surface area contributed by atoms with Crippen molar-refractivity contribution in [3.63, 3.8) is 0 Å². The summed E-state index contributed by atoms with van der Waals surface area (Å²) in [6, 6.07) is 20.4. The SMILES string of the molecule is c1ccc(CCc2ccc(C[N+]34CCN5CCN6CCN(CC3)C4C65)cc2)cc1. The van der Waals surface area contributed by atoms with Crippen LogP contribution in [0.3, 0.4) is 0 Å². The molecule has 4 heteroatoms. The van der Waals surface area contributed by atoms with Crippen LogP contribution in [0.4, 0.5) is 0 Å². The van der Waals surface area contributed by atoms with E-state index in [1.165, 1.54) is 80.1 Å².